The summed E-state index contributed by atoms with van der Waals surface area (Å²) in [7, 11) is 0. The van der Waals surface area contributed by atoms with E-state index >= 15 is 0 Å². The van der Waals surface area contributed by atoms with Crippen molar-refractivity contribution in [2.75, 3.05) is 19.9 Å². The van der Waals surface area contributed by atoms with Gasteiger partial charge in [-0.15, -0.1) is 0 Å². The summed E-state index contributed by atoms with van der Waals surface area (Å²) in [6.45, 7) is 12.4. The number of ether oxygens (including phenoxy) is 5. The number of hydrogen-bond acceptors (Lipinski definition) is 10. The molecule has 3 aliphatic heterocycles. The first-order valence-corrected chi connectivity index (χ1v) is 20.6. The van der Waals surface area contributed by atoms with Crippen LogP contribution in [-0.2, 0) is 38.1 Å². The van der Waals surface area contributed by atoms with Crippen LogP contribution in [0.25, 0.3) is 6.08 Å². The van der Waals surface area contributed by atoms with Crippen molar-refractivity contribution in [3.05, 3.63) is 52.6 Å². The number of carbonyl (C=O) groups is 4. The van der Waals surface area contributed by atoms with E-state index < -0.39 is 53.8 Å². The molecule has 1 aromatic rings. The molecule has 0 bridgehead atoms. The lowest BCUT2D eigenvalue weighted by atomic mass is 9.52. The number of allylic oxidation sites excluding steroid dienone is 1. The zero-order valence-corrected chi connectivity index (χ0v) is 33.8. The highest BCUT2D eigenvalue weighted by molar-refractivity contribution is 5.98. The molecule has 5 fully saturated rings. The van der Waals surface area contributed by atoms with Crippen molar-refractivity contribution in [3.63, 3.8) is 0 Å². The molecule has 12 heteroatoms. The molecule has 6 aliphatic rings. The fourth-order valence-corrected chi connectivity index (χ4v) is 9.75. The van der Waals surface area contributed by atoms with Gasteiger partial charge in [0.1, 0.15) is 36.7 Å². The van der Waals surface area contributed by atoms with Gasteiger partial charge in [-0.1, -0.05) is 37.6 Å². The van der Waals surface area contributed by atoms with E-state index in [1.54, 1.807) is 32.9 Å². The van der Waals surface area contributed by atoms with E-state index in [1.807, 2.05) is 18.2 Å². The normalized spacial score (nSPS) is 33.3. The van der Waals surface area contributed by atoms with Crippen molar-refractivity contribution < 1.29 is 48.0 Å². The Morgan fingerprint density at radius 1 is 1.11 bits per heavy atom. The van der Waals surface area contributed by atoms with E-state index in [4.69, 9.17) is 23.7 Å². The van der Waals surface area contributed by atoms with Crippen LogP contribution >= 0.6 is 0 Å². The van der Waals surface area contributed by atoms with Gasteiger partial charge in [-0.3, -0.25) is 14.4 Å². The SMILES string of the molecule is CC(C)(C)OC(=O)CC[C@@H](CO)NC(=O)[C@H]1CCCN1C(=O)C1=C[C@H]2OCO[C@H]2[C@H](OC(=O)c2cccc(C=C3CCC4O[C@]4(C)CC[C@@H]4[C@@H]3CC4(C)C)c2)C1. The van der Waals surface area contributed by atoms with Crippen molar-refractivity contribution in [1.82, 2.24) is 10.2 Å². The number of fused-ring (bicyclic) bond motifs is 3. The average Bonchev–Trinajstić information content (AvgIpc) is 3.49. The molecule has 12 nitrogen and oxygen atoms in total. The molecule has 0 aromatic heterocycles. The predicted octanol–water partition coefficient (Wildman–Crippen LogP) is 5.65. The number of aliphatic hydroxyl groups is 1. The van der Waals surface area contributed by atoms with Gasteiger partial charge in [0, 0.05) is 25.0 Å². The topological polar surface area (TPSA) is 153 Å². The average molecular weight is 777 g/mol. The van der Waals surface area contributed by atoms with E-state index in [2.05, 4.69) is 32.2 Å². The summed E-state index contributed by atoms with van der Waals surface area (Å²) in [6.07, 6.45) is 9.23. The van der Waals surface area contributed by atoms with Gasteiger partial charge < -0.3 is 39.0 Å². The van der Waals surface area contributed by atoms with Crippen molar-refractivity contribution >= 4 is 29.8 Å². The smallest absolute Gasteiger partial charge is 0.338 e. The minimum absolute atomic E-state index is 0.00894. The summed E-state index contributed by atoms with van der Waals surface area (Å²) in [5.74, 6) is -0.496. The second-order valence-corrected chi connectivity index (χ2v) is 18.6. The van der Waals surface area contributed by atoms with Gasteiger partial charge in [0.05, 0.1) is 29.9 Å². The maximum Gasteiger partial charge on any atom is 0.338 e. The zero-order chi connectivity index (χ0) is 40.0. The lowest BCUT2D eigenvalue weighted by Crippen LogP contribution is -2.51. The molecule has 2 saturated carbocycles. The molecule has 306 valence electrons. The molecule has 3 heterocycles. The van der Waals surface area contributed by atoms with Crippen molar-refractivity contribution in [2.45, 2.75) is 153 Å². The van der Waals surface area contributed by atoms with Crippen molar-refractivity contribution in [1.29, 1.82) is 0 Å². The quantitative estimate of drug-likeness (QED) is 0.225. The van der Waals surface area contributed by atoms with Gasteiger partial charge in [-0.05, 0) is 120 Å². The van der Waals surface area contributed by atoms with Crippen molar-refractivity contribution in [2.24, 2.45) is 17.3 Å². The molecule has 56 heavy (non-hydrogen) atoms. The van der Waals surface area contributed by atoms with Gasteiger partial charge >= 0.3 is 11.9 Å². The third-order valence-corrected chi connectivity index (χ3v) is 12.9. The molecule has 9 atom stereocenters. The minimum atomic E-state index is -0.775. The highest BCUT2D eigenvalue weighted by atomic mass is 16.7. The van der Waals surface area contributed by atoms with Gasteiger partial charge in [0.15, 0.2) is 0 Å². The van der Waals surface area contributed by atoms with Crippen LogP contribution in [0.4, 0.5) is 0 Å². The monoisotopic (exact) mass is 776 g/mol. The van der Waals surface area contributed by atoms with E-state index in [-0.39, 0.29) is 44.2 Å². The maximum absolute atomic E-state index is 14.1. The summed E-state index contributed by atoms with van der Waals surface area (Å²) in [5, 5.41) is 12.8. The summed E-state index contributed by atoms with van der Waals surface area (Å²) < 4.78 is 29.3. The van der Waals surface area contributed by atoms with Crippen molar-refractivity contribution in [3.8, 4) is 0 Å². The van der Waals surface area contributed by atoms with Crippen LogP contribution in [0.3, 0.4) is 0 Å². The first kappa shape index (κ1) is 40.6. The summed E-state index contributed by atoms with van der Waals surface area (Å²) in [4.78, 5) is 55.1. The first-order valence-electron chi connectivity index (χ1n) is 20.6. The summed E-state index contributed by atoms with van der Waals surface area (Å²) in [5.41, 5.74) is 2.89. The Hall–Kier alpha value is -3.58. The molecule has 0 spiro atoms. The van der Waals surface area contributed by atoms with Crippen LogP contribution in [-0.4, -0.2) is 101 Å². The third-order valence-electron chi connectivity index (χ3n) is 12.9. The van der Waals surface area contributed by atoms with Gasteiger partial charge in [0.25, 0.3) is 0 Å². The number of rotatable bonds is 10. The zero-order valence-electron chi connectivity index (χ0n) is 33.8. The van der Waals surface area contributed by atoms with Crippen LogP contribution in [0, 0.1) is 17.3 Å². The second-order valence-electron chi connectivity index (χ2n) is 18.6. The Labute approximate surface area is 330 Å². The third kappa shape index (κ3) is 8.93. The molecule has 1 unspecified atom stereocenters. The minimum Gasteiger partial charge on any atom is -0.460 e. The molecule has 0 radical (unpaired) electrons. The van der Waals surface area contributed by atoms with Crippen LogP contribution in [0.1, 0.15) is 122 Å². The number of nitrogens with one attached hydrogen (secondary N) is 1. The number of likely N-dealkylation sites (tertiary alicyclic amines) is 1. The number of amides is 2. The number of epoxide rings is 1. The Morgan fingerprint density at radius 3 is 2.66 bits per heavy atom. The number of carbonyl (C=O) groups excluding carboxylic acids is 4. The number of esters is 2. The lowest BCUT2D eigenvalue weighted by Gasteiger charge is -2.53. The van der Waals surface area contributed by atoms with E-state index in [1.165, 1.54) is 10.5 Å². The maximum atomic E-state index is 14.1. The van der Waals surface area contributed by atoms with Crippen LogP contribution < -0.4 is 5.32 Å². The van der Waals surface area contributed by atoms with Crippen LogP contribution in [0.2, 0.25) is 0 Å². The molecule has 3 saturated heterocycles. The van der Waals surface area contributed by atoms with Crippen LogP contribution in [0.5, 0.6) is 0 Å². The van der Waals surface area contributed by atoms with E-state index in [0.717, 1.165) is 37.7 Å². The Morgan fingerprint density at radius 2 is 1.91 bits per heavy atom. The predicted molar refractivity (Wildman–Crippen MR) is 207 cm³/mol. The fraction of sp³-hybridized carbons (Fsp3) is 0.682. The second kappa shape index (κ2) is 16.0. The number of hydrogen-bond donors (Lipinski definition) is 2. The van der Waals surface area contributed by atoms with Gasteiger partial charge in [-0.25, -0.2) is 4.79 Å². The Balaban J connectivity index is 0.998. The Kier molecular flexibility index (Phi) is 11.6. The number of benzene rings is 1. The standard InChI is InChI=1S/C44H60N2O10/c1-42(2,3)56-37(48)15-13-30(24-47)45-39(49)33-11-8-18-46(33)40(50)29-21-34-38(53-25-52-34)35(22-29)54-41(51)28-10-7-9-26(20-28)19-27-12-14-36-44(6,55-36)17-16-32-31(27)23-43(32,4)5/h7,9-10,19-21,30-36,38,47H,8,11-18,22-25H2,1-6H3,(H,45,49)/t30-,31+,32+,33+,34+,35+,36?,38+,44+/m0/s1. The molecular formula is C44H60N2O10. The molecular weight excluding hydrogens is 716 g/mol. The molecule has 2 amide bonds. The van der Waals surface area contributed by atoms with E-state index in [0.29, 0.717) is 53.9 Å². The first-order chi connectivity index (χ1) is 26.5. The van der Waals surface area contributed by atoms with Gasteiger partial charge in [0.2, 0.25) is 11.8 Å². The Bertz CT molecular complexity index is 1750. The van der Waals surface area contributed by atoms with Crippen LogP contribution in [0.15, 0.2) is 41.5 Å². The largest absolute Gasteiger partial charge is 0.460 e. The highest BCUT2D eigenvalue weighted by Gasteiger charge is 2.56. The lowest BCUT2D eigenvalue weighted by molar-refractivity contribution is -0.155. The number of aliphatic hydroxyl groups excluding tert-OH is 1. The van der Waals surface area contributed by atoms with E-state index in [9.17, 15) is 24.3 Å². The number of nitrogens with zero attached hydrogens (tertiary/aromatic N) is 1. The van der Waals surface area contributed by atoms with Gasteiger partial charge in [-0.2, -0.15) is 0 Å². The summed E-state index contributed by atoms with van der Waals surface area (Å²) in [6, 6.07) is 6.13. The fourth-order valence-electron chi connectivity index (χ4n) is 9.75. The highest BCUT2D eigenvalue weighted by Crippen LogP contribution is 2.59. The molecule has 2 N–H and O–H groups in total. The molecule has 3 aliphatic carbocycles. The summed E-state index contributed by atoms with van der Waals surface area (Å²) >= 11 is 0. The molecule has 1 aromatic carbocycles. The molecule has 7 rings (SSSR count).